The van der Waals surface area contributed by atoms with Crippen molar-refractivity contribution in [2.24, 2.45) is 0 Å². The summed E-state index contributed by atoms with van der Waals surface area (Å²) in [6.07, 6.45) is 3.00. The third-order valence-electron chi connectivity index (χ3n) is 4.77. The predicted octanol–water partition coefficient (Wildman–Crippen LogP) is 4.27. The Morgan fingerprint density at radius 3 is 2.39 bits per heavy atom. The molecule has 162 valence electrons. The van der Waals surface area contributed by atoms with Gasteiger partial charge < -0.3 is 10.2 Å². The highest BCUT2D eigenvalue weighted by Crippen LogP contribution is 2.31. The number of non-ortho nitro benzene ring substituents is 1. The lowest BCUT2D eigenvalue weighted by molar-refractivity contribution is -0.384. The average Bonchev–Trinajstić information content (AvgIpc) is 2.75. The van der Waals surface area contributed by atoms with Gasteiger partial charge in [0.15, 0.2) is 5.11 Å². The van der Waals surface area contributed by atoms with Gasteiger partial charge in [0, 0.05) is 36.9 Å². The summed E-state index contributed by atoms with van der Waals surface area (Å²) in [4.78, 5) is 35.9. The molecule has 1 saturated heterocycles. The number of carbonyl (C=O) groups excluding carboxylic acids is 1. The number of benzene rings is 2. The van der Waals surface area contributed by atoms with Gasteiger partial charge in [0.1, 0.15) is 5.69 Å². The summed E-state index contributed by atoms with van der Waals surface area (Å²) < 4.78 is 0. The van der Waals surface area contributed by atoms with Crippen molar-refractivity contribution in [1.29, 1.82) is 0 Å². The zero-order chi connectivity index (χ0) is 22.5. The molecule has 0 aliphatic carbocycles. The minimum Gasteiger partial charge on any atom is -0.366 e. The third-order valence-corrected chi connectivity index (χ3v) is 5.30. The number of hydrogen-bond donors (Lipinski definition) is 2. The maximum absolute atomic E-state index is 12.6. The molecule has 3 rings (SSSR count). The third kappa shape index (κ3) is 5.44. The SMILES string of the molecule is O=C(NC(=S)Nc1cc([N+](=O)[O-])ccc1Cl)c1ccc(N2CCCCC2)c([N+](=O)[O-])c1. The summed E-state index contributed by atoms with van der Waals surface area (Å²) in [5.74, 6) is -0.660. The zero-order valence-electron chi connectivity index (χ0n) is 16.2. The van der Waals surface area contributed by atoms with Crippen LogP contribution in [0.3, 0.4) is 0 Å². The molecule has 1 fully saturated rings. The van der Waals surface area contributed by atoms with Crippen molar-refractivity contribution < 1.29 is 14.6 Å². The summed E-state index contributed by atoms with van der Waals surface area (Å²) in [5, 5.41) is 27.5. The van der Waals surface area contributed by atoms with E-state index in [1.165, 1.54) is 30.3 Å². The van der Waals surface area contributed by atoms with Crippen LogP contribution in [0.5, 0.6) is 0 Å². The second kappa shape index (κ2) is 9.67. The number of nitro groups is 2. The fourth-order valence-electron chi connectivity index (χ4n) is 3.26. The number of halogens is 1. The van der Waals surface area contributed by atoms with Gasteiger partial charge in [-0.1, -0.05) is 11.6 Å². The number of thiocarbonyl (C=S) groups is 1. The molecule has 2 aromatic carbocycles. The topological polar surface area (TPSA) is 131 Å². The van der Waals surface area contributed by atoms with E-state index in [4.69, 9.17) is 23.8 Å². The first-order chi connectivity index (χ1) is 14.8. The van der Waals surface area contributed by atoms with Crippen LogP contribution in [0.25, 0.3) is 0 Å². The van der Waals surface area contributed by atoms with Crippen molar-refractivity contribution in [2.75, 3.05) is 23.3 Å². The quantitative estimate of drug-likeness (QED) is 0.381. The van der Waals surface area contributed by atoms with Gasteiger partial charge in [-0.3, -0.25) is 30.3 Å². The molecule has 31 heavy (non-hydrogen) atoms. The molecular weight excluding hydrogens is 446 g/mol. The highest BCUT2D eigenvalue weighted by Gasteiger charge is 2.23. The number of piperidine rings is 1. The molecule has 1 heterocycles. The van der Waals surface area contributed by atoms with Crippen molar-refractivity contribution in [3.05, 3.63) is 67.2 Å². The van der Waals surface area contributed by atoms with E-state index < -0.39 is 15.8 Å². The number of nitro benzene ring substituents is 2. The van der Waals surface area contributed by atoms with E-state index in [2.05, 4.69) is 10.6 Å². The molecule has 0 saturated carbocycles. The Hall–Kier alpha value is -3.31. The average molecular weight is 464 g/mol. The first-order valence-corrected chi connectivity index (χ1v) is 10.1. The summed E-state index contributed by atoms with van der Waals surface area (Å²) in [6.45, 7) is 1.45. The Morgan fingerprint density at radius 1 is 1.03 bits per heavy atom. The van der Waals surface area contributed by atoms with E-state index in [0.29, 0.717) is 5.69 Å². The molecule has 0 atom stereocenters. The minimum absolute atomic E-state index is 0.0572. The maximum Gasteiger partial charge on any atom is 0.293 e. The van der Waals surface area contributed by atoms with Gasteiger partial charge in [0.25, 0.3) is 17.3 Å². The smallest absolute Gasteiger partial charge is 0.293 e. The Kier molecular flexibility index (Phi) is 6.98. The van der Waals surface area contributed by atoms with E-state index >= 15 is 0 Å². The Balaban J connectivity index is 1.75. The van der Waals surface area contributed by atoms with Crippen LogP contribution in [0.15, 0.2) is 36.4 Å². The molecule has 10 nitrogen and oxygen atoms in total. The number of anilines is 2. The predicted molar refractivity (Wildman–Crippen MR) is 121 cm³/mol. The molecule has 1 amide bonds. The monoisotopic (exact) mass is 463 g/mol. The van der Waals surface area contributed by atoms with Crippen LogP contribution in [0.1, 0.15) is 29.6 Å². The number of amides is 1. The number of nitrogens with zero attached hydrogens (tertiary/aromatic N) is 3. The van der Waals surface area contributed by atoms with Gasteiger partial charge in [-0.15, -0.1) is 0 Å². The standard InChI is InChI=1S/C19H18ClN5O5S/c20-14-6-5-13(24(27)28)11-15(14)21-19(31)22-18(26)12-4-7-16(17(10-12)25(29)30)23-8-2-1-3-9-23/h4-7,10-11H,1-3,8-9H2,(H2,21,22,26,31). The van der Waals surface area contributed by atoms with Gasteiger partial charge >= 0.3 is 0 Å². The van der Waals surface area contributed by atoms with Gasteiger partial charge in [0.2, 0.25) is 0 Å². The van der Waals surface area contributed by atoms with Crippen LogP contribution < -0.4 is 15.5 Å². The zero-order valence-corrected chi connectivity index (χ0v) is 17.7. The summed E-state index contributed by atoms with van der Waals surface area (Å²) in [7, 11) is 0. The van der Waals surface area contributed by atoms with Crippen LogP contribution in [0.4, 0.5) is 22.7 Å². The van der Waals surface area contributed by atoms with Crippen LogP contribution in [0.2, 0.25) is 5.02 Å². The molecule has 0 radical (unpaired) electrons. The largest absolute Gasteiger partial charge is 0.366 e. The van der Waals surface area contributed by atoms with E-state index in [9.17, 15) is 25.0 Å². The first-order valence-electron chi connectivity index (χ1n) is 9.36. The van der Waals surface area contributed by atoms with Crippen LogP contribution in [0, 0.1) is 20.2 Å². The summed E-state index contributed by atoms with van der Waals surface area (Å²) in [5.41, 5.74) is 0.319. The van der Waals surface area contributed by atoms with E-state index in [1.54, 1.807) is 6.07 Å². The van der Waals surface area contributed by atoms with Crippen LogP contribution in [-0.4, -0.2) is 34.0 Å². The van der Waals surface area contributed by atoms with Crippen molar-refractivity contribution in [3.8, 4) is 0 Å². The molecule has 0 unspecified atom stereocenters. The second-order valence-electron chi connectivity index (χ2n) is 6.84. The normalized spacial score (nSPS) is 13.4. The van der Waals surface area contributed by atoms with Crippen LogP contribution >= 0.6 is 23.8 Å². The van der Waals surface area contributed by atoms with E-state index in [0.717, 1.165) is 32.4 Å². The molecule has 1 aliphatic rings. The first kappa shape index (κ1) is 22.4. The van der Waals surface area contributed by atoms with E-state index in [-0.39, 0.29) is 32.8 Å². The highest BCUT2D eigenvalue weighted by atomic mass is 35.5. The lowest BCUT2D eigenvalue weighted by Crippen LogP contribution is -2.34. The number of rotatable bonds is 5. The van der Waals surface area contributed by atoms with Gasteiger partial charge in [0.05, 0.1) is 20.6 Å². The number of hydrogen-bond acceptors (Lipinski definition) is 7. The maximum atomic E-state index is 12.6. The fraction of sp³-hybridized carbons (Fsp3) is 0.263. The number of carbonyl (C=O) groups is 1. The molecule has 2 N–H and O–H groups in total. The Bertz CT molecular complexity index is 1060. The fourth-order valence-corrected chi connectivity index (χ4v) is 3.63. The summed E-state index contributed by atoms with van der Waals surface area (Å²) >= 11 is 11.1. The molecular formula is C19H18ClN5O5S. The van der Waals surface area contributed by atoms with Crippen LogP contribution in [-0.2, 0) is 0 Å². The summed E-state index contributed by atoms with van der Waals surface area (Å²) in [6, 6.07) is 8.01. The lowest BCUT2D eigenvalue weighted by Gasteiger charge is -2.28. The Morgan fingerprint density at radius 2 is 1.74 bits per heavy atom. The molecule has 0 spiro atoms. The minimum atomic E-state index is -0.660. The van der Waals surface area contributed by atoms with Crippen molar-refractivity contribution >= 4 is 57.6 Å². The van der Waals surface area contributed by atoms with Crippen molar-refractivity contribution in [1.82, 2.24) is 5.32 Å². The van der Waals surface area contributed by atoms with Crippen molar-refractivity contribution in [3.63, 3.8) is 0 Å². The Labute approximate surface area is 187 Å². The van der Waals surface area contributed by atoms with Gasteiger partial charge in [-0.2, -0.15) is 0 Å². The van der Waals surface area contributed by atoms with Gasteiger partial charge in [-0.25, -0.2) is 0 Å². The molecule has 2 aromatic rings. The highest BCUT2D eigenvalue weighted by molar-refractivity contribution is 7.80. The lowest BCUT2D eigenvalue weighted by atomic mass is 10.1. The molecule has 1 aliphatic heterocycles. The number of nitrogens with one attached hydrogen (secondary N) is 2. The second-order valence-corrected chi connectivity index (χ2v) is 7.65. The molecule has 0 aromatic heterocycles. The molecule has 0 bridgehead atoms. The van der Waals surface area contributed by atoms with Gasteiger partial charge in [-0.05, 0) is 49.7 Å². The molecule has 12 heteroatoms. The van der Waals surface area contributed by atoms with E-state index in [1.807, 2.05) is 4.90 Å². The van der Waals surface area contributed by atoms with Crippen molar-refractivity contribution in [2.45, 2.75) is 19.3 Å².